The van der Waals surface area contributed by atoms with E-state index in [1.54, 1.807) is 36.8 Å². The highest BCUT2D eigenvalue weighted by atomic mass is 16.5. The fourth-order valence-corrected chi connectivity index (χ4v) is 3.88. The van der Waals surface area contributed by atoms with Gasteiger partial charge in [0.2, 0.25) is 5.95 Å². The minimum atomic E-state index is -0.826. The Morgan fingerprint density at radius 1 is 1.37 bits per heavy atom. The Morgan fingerprint density at radius 3 is 2.94 bits per heavy atom. The molecule has 1 aromatic carbocycles. The highest BCUT2D eigenvalue weighted by Crippen LogP contribution is 2.24. The zero-order valence-electron chi connectivity index (χ0n) is 20.1. The van der Waals surface area contributed by atoms with Crippen molar-refractivity contribution in [2.24, 2.45) is 4.99 Å². The summed E-state index contributed by atoms with van der Waals surface area (Å²) in [7, 11) is 0. The number of anilines is 2. The lowest BCUT2D eigenvalue weighted by atomic mass is 10.0. The average Bonchev–Trinajstić information content (AvgIpc) is 3.09. The van der Waals surface area contributed by atoms with Crippen LogP contribution in [-0.2, 0) is 24.3 Å². The van der Waals surface area contributed by atoms with Gasteiger partial charge in [-0.25, -0.2) is 19.3 Å². The van der Waals surface area contributed by atoms with Crippen molar-refractivity contribution in [1.29, 1.82) is 0 Å². The standard InChI is InChI=1S/C26H30N6O3/c1-5-13-31-24(33)21-16-28-25(29-20-10-9-18-11-14-35-17-19(18)15-20)30-23(21)32(31)22(27-4)8-6-7-12-26(2,3)34/h5-10,15-16,34H,1,4,11-14,17H2,2-3H3,(H,28,29,30)/b7-6-,22-8+. The topological polar surface area (TPSA) is 107 Å². The van der Waals surface area contributed by atoms with Gasteiger partial charge in [-0.1, -0.05) is 24.3 Å². The number of nitrogens with one attached hydrogen (secondary N) is 1. The van der Waals surface area contributed by atoms with Gasteiger partial charge in [0.1, 0.15) is 5.39 Å². The summed E-state index contributed by atoms with van der Waals surface area (Å²) in [5, 5.41) is 13.5. The predicted molar refractivity (Wildman–Crippen MR) is 139 cm³/mol. The van der Waals surface area contributed by atoms with E-state index in [4.69, 9.17) is 4.74 Å². The Balaban J connectivity index is 1.75. The molecule has 0 saturated heterocycles. The lowest BCUT2D eigenvalue weighted by Crippen LogP contribution is -2.21. The van der Waals surface area contributed by atoms with Crippen LogP contribution in [0, 0.1) is 0 Å². The summed E-state index contributed by atoms with van der Waals surface area (Å²) in [6, 6.07) is 6.09. The zero-order valence-corrected chi connectivity index (χ0v) is 20.1. The molecule has 0 spiro atoms. The molecule has 0 unspecified atom stereocenters. The predicted octanol–water partition coefficient (Wildman–Crippen LogP) is 3.81. The quantitative estimate of drug-likeness (QED) is 0.277. The fourth-order valence-electron chi connectivity index (χ4n) is 3.88. The number of nitrogens with zero attached hydrogens (tertiary/aromatic N) is 5. The average molecular weight is 475 g/mol. The minimum Gasteiger partial charge on any atom is -0.390 e. The van der Waals surface area contributed by atoms with Gasteiger partial charge >= 0.3 is 0 Å². The summed E-state index contributed by atoms with van der Waals surface area (Å²) in [6.45, 7) is 12.5. The van der Waals surface area contributed by atoms with Crippen LogP contribution in [0.3, 0.4) is 0 Å². The Labute approximate surface area is 203 Å². The van der Waals surface area contributed by atoms with Gasteiger partial charge in [0.25, 0.3) is 5.56 Å². The highest BCUT2D eigenvalue weighted by molar-refractivity contribution is 5.79. The summed E-state index contributed by atoms with van der Waals surface area (Å²) in [6.07, 6.45) is 9.81. The maximum absolute atomic E-state index is 13.1. The van der Waals surface area contributed by atoms with Crippen molar-refractivity contribution in [2.45, 2.75) is 45.4 Å². The summed E-state index contributed by atoms with van der Waals surface area (Å²) in [4.78, 5) is 26.2. The van der Waals surface area contributed by atoms with Crippen LogP contribution in [0.5, 0.6) is 0 Å². The van der Waals surface area contributed by atoms with Crippen LogP contribution in [0.2, 0.25) is 0 Å². The van der Waals surface area contributed by atoms with E-state index >= 15 is 0 Å². The lowest BCUT2D eigenvalue weighted by molar-refractivity contribution is 0.0839. The summed E-state index contributed by atoms with van der Waals surface area (Å²) < 4.78 is 8.65. The Kier molecular flexibility index (Phi) is 7.09. The Morgan fingerprint density at radius 2 is 2.20 bits per heavy atom. The number of aliphatic hydroxyl groups is 1. The van der Waals surface area contributed by atoms with Gasteiger partial charge in [-0.2, -0.15) is 4.98 Å². The molecule has 3 aromatic rings. The van der Waals surface area contributed by atoms with Crippen molar-refractivity contribution >= 4 is 35.2 Å². The van der Waals surface area contributed by atoms with Gasteiger partial charge < -0.3 is 15.2 Å². The third-order valence-electron chi connectivity index (χ3n) is 5.59. The minimum absolute atomic E-state index is 0.253. The number of hydrogen-bond acceptors (Lipinski definition) is 7. The maximum Gasteiger partial charge on any atom is 0.278 e. The number of fused-ring (bicyclic) bond motifs is 2. The van der Waals surface area contributed by atoms with E-state index in [1.165, 1.54) is 16.4 Å². The third kappa shape index (κ3) is 5.47. The maximum atomic E-state index is 13.1. The molecule has 9 heteroatoms. The van der Waals surface area contributed by atoms with E-state index in [-0.39, 0.29) is 12.1 Å². The van der Waals surface area contributed by atoms with Crippen molar-refractivity contribution in [3.63, 3.8) is 0 Å². The molecule has 2 N–H and O–H groups in total. The van der Waals surface area contributed by atoms with Gasteiger partial charge in [0.15, 0.2) is 11.5 Å². The van der Waals surface area contributed by atoms with Crippen LogP contribution in [0.15, 0.2) is 65.1 Å². The molecule has 3 heterocycles. The number of ether oxygens (including phenoxy) is 1. The first kappa shape index (κ1) is 24.3. The van der Waals surface area contributed by atoms with Gasteiger partial charge in [-0.3, -0.25) is 4.79 Å². The lowest BCUT2D eigenvalue weighted by Gasteiger charge is -2.17. The smallest absolute Gasteiger partial charge is 0.278 e. The first-order valence-corrected chi connectivity index (χ1v) is 11.4. The highest BCUT2D eigenvalue weighted by Gasteiger charge is 2.18. The van der Waals surface area contributed by atoms with Gasteiger partial charge in [-0.05, 0) is 62.7 Å². The second-order valence-electron chi connectivity index (χ2n) is 8.96. The molecule has 1 aliphatic rings. The first-order valence-electron chi connectivity index (χ1n) is 11.4. The second kappa shape index (κ2) is 10.2. The number of hydrogen-bond donors (Lipinski definition) is 2. The van der Waals surface area contributed by atoms with Crippen molar-refractivity contribution < 1.29 is 9.84 Å². The van der Waals surface area contributed by atoms with Crippen LogP contribution in [-0.4, -0.2) is 43.4 Å². The molecule has 1 aliphatic heterocycles. The number of aliphatic imine (C=N–C) groups is 1. The van der Waals surface area contributed by atoms with Crippen molar-refractivity contribution in [1.82, 2.24) is 19.3 Å². The number of rotatable bonds is 9. The molecule has 4 rings (SSSR count). The molecule has 0 saturated carbocycles. The molecule has 2 aromatic heterocycles. The van der Waals surface area contributed by atoms with Gasteiger partial charge in [-0.15, -0.1) is 6.58 Å². The molecule has 182 valence electrons. The van der Waals surface area contributed by atoms with Gasteiger partial charge in [0, 0.05) is 11.9 Å². The fraction of sp³-hybridized carbons (Fsp3) is 0.308. The van der Waals surface area contributed by atoms with Crippen LogP contribution >= 0.6 is 0 Å². The molecule has 0 amide bonds. The number of aromatic nitrogens is 4. The molecule has 35 heavy (non-hydrogen) atoms. The van der Waals surface area contributed by atoms with E-state index in [0.29, 0.717) is 35.8 Å². The summed E-state index contributed by atoms with van der Waals surface area (Å²) in [5.41, 5.74) is 2.56. The molecule has 0 atom stereocenters. The van der Waals surface area contributed by atoms with Crippen LogP contribution in [0.25, 0.3) is 16.9 Å². The number of allylic oxidation sites excluding steroid dienone is 3. The van der Waals surface area contributed by atoms with Crippen LogP contribution in [0.1, 0.15) is 31.4 Å². The molecule has 0 fully saturated rings. The first-order chi connectivity index (χ1) is 16.8. The van der Waals surface area contributed by atoms with Crippen molar-refractivity contribution in [3.05, 3.63) is 76.8 Å². The van der Waals surface area contributed by atoms with E-state index < -0.39 is 5.60 Å². The van der Waals surface area contributed by atoms with Gasteiger partial charge in [0.05, 0.1) is 25.4 Å². The second-order valence-corrected chi connectivity index (χ2v) is 8.96. The molecule has 0 aliphatic carbocycles. The Hall–Kier alpha value is -3.82. The van der Waals surface area contributed by atoms with Crippen molar-refractivity contribution in [2.75, 3.05) is 11.9 Å². The van der Waals surface area contributed by atoms with E-state index in [9.17, 15) is 9.90 Å². The summed E-state index contributed by atoms with van der Waals surface area (Å²) >= 11 is 0. The summed E-state index contributed by atoms with van der Waals surface area (Å²) in [5.74, 6) is 0.751. The molecule has 0 bridgehead atoms. The molecule has 0 radical (unpaired) electrons. The SMILES string of the molecule is C=CCn1c(=O)c2cnc(Nc3ccc4c(c3)COCC4)nc2n1/C(=C/C=C\CC(C)(C)O)N=C. The molecule has 9 nitrogen and oxygen atoms in total. The largest absolute Gasteiger partial charge is 0.390 e. The van der Waals surface area contributed by atoms with Crippen molar-refractivity contribution in [3.8, 4) is 0 Å². The Bertz CT molecular complexity index is 1370. The van der Waals surface area contributed by atoms with E-state index in [0.717, 1.165) is 24.3 Å². The molecular weight excluding hydrogens is 444 g/mol. The van der Waals surface area contributed by atoms with Crippen LogP contribution < -0.4 is 10.9 Å². The number of benzene rings is 1. The monoisotopic (exact) mass is 474 g/mol. The van der Waals surface area contributed by atoms with Crippen LogP contribution in [0.4, 0.5) is 11.6 Å². The third-order valence-corrected chi connectivity index (χ3v) is 5.59. The molecular formula is C26H30N6O3. The van der Waals surface area contributed by atoms with E-state index in [2.05, 4.69) is 39.6 Å². The van der Waals surface area contributed by atoms with E-state index in [1.807, 2.05) is 18.2 Å². The zero-order chi connectivity index (χ0) is 25.0. The normalized spacial score (nSPS) is 14.3.